The lowest BCUT2D eigenvalue weighted by atomic mass is 10.1. The molecule has 3 N–H and O–H groups in total. The van der Waals surface area contributed by atoms with Crippen LogP contribution in [0.1, 0.15) is 18.9 Å². The molecule has 5 nitrogen and oxygen atoms in total. The minimum absolute atomic E-state index is 0. The van der Waals surface area contributed by atoms with Gasteiger partial charge >= 0.3 is 0 Å². The molecule has 2 aromatic carbocycles. The van der Waals surface area contributed by atoms with Crippen molar-refractivity contribution in [3.8, 4) is 0 Å². The minimum atomic E-state index is -0.132. The molecule has 0 aliphatic carbocycles. The van der Waals surface area contributed by atoms with E-state index >= 15 is 0 Å². The first-order valence-corrected chi connectivity index (χ1v) is 8.69. The maximum Gasteiger partial charge on any atom is 0.246 e. The highest BCUT2D eigenvalue weighted by atomic mass is 127. The van der Waals surface area contributed by atoms with Crippen LogP contribution >= 0.6 is 24.0 Å². The summed E-state index contributed by atoms with van der Waals surface area (Å²) in [6.45, 7) is 3.65. The number of aliphatic imine (C=N–C) groups is 1. The molecular weight excluding hydrogens is 439 g/mol. The average molecular weight is 466 g/mol. The number of rotatable bonds is 8. The van der Waals surface area contributed by atoms with Gasteiger partial charge in [-0.1, -0.05) is 48.5 Å². The Morgan fingerprint density at radius 3 is 2.27 bits per heavy atom. The molecule has 0 unspecified atom stereocenters. The van der Waals surface area contributed by atoms with Crippen molar-refractivity contribution in [3.63, 3.8) is 0 Å². The largest absolute Gasteiger partial charge is 0.357 e. The fourth-order valence-corrected chi connectivity index (χ4v) is 2.36. The number of aryl methyl sites for hydroxylation is 1. The van der Waals surface area contributed by atoms with Gasteiger partial charge in [-0.15, -0.1) is 24.0 Å². The summed E-state index contributed by atoms with van der Waals surface area (Å²) in [7, 11) is 0. The van der Waals surface area contributed by atoms with Gasteiger partial charge in [-0.3, -0.25) is 4.79 Å². The third-order valence-corrected chi connectivity index (χ3v) is 3.56. The van der Waals surface area contributed by atoms with Gasteiger partial charge in [0.05, 0.1) is 0 Å². The number of carbonyl (C=O) groups excluding carboxylic acids is 1. The molecule has 0 heterocycles. The molecule has 2 aromatic rings. The molecule has 0 saturated carbocycles. The SMILES string of the molecule is CCNC(=NCC(=O)Nc1ccccc1)NCCCc1ccccc1.I. The zero-order valence-electron chi connectivity index (χ0n) is 15.1. The van der Waals surface area contributed by atoms with Gasteiger partial charge in [0.2, 0.25) is 5.91 Å². The molecule has 0 aromatic heterocycles. The predicted molar refractivity (Wildman–Crippen MR) is 119 cm³/mol. The summed E-state index contributed by atoms with van der Waals surface area (Å²) in [6, 6.07) is 19.8. The summed E-state index contributed by atoms with van der Waals surface area (Å²) in [5.41, 5.74) is 2.11. The average Bonchev–Trinajstić information content (AvgIpc) is 2.65. The zero-order chi connectivity index (χ0) is 17.7. The third kappa shape index (κ3) is 8.84. The second-order valence-corrected chi connectivity index (χ2v) is 5.63. The van der Waals surface area contributed by atoms with E-state index in [-0.39, 0.29) is 36.4 Å². The van der Waals surface area contributed by atoms with E-state index < -0.39 is 0 Å². The molecule has 0 radical (unpaired) electrons. The normalized spacial score (nSPS) is 10.6. The molecule has 0 bridgehead atoms. The van der Waals surface area contributed by atoms with Crippen molar-refractivity contribution >= 4 is 41.5 Å². The highest BCUT2D eigenvalue weighted by Crippen LogP contribution is 2.04. The van der Waals surface area contributed by atoms with Gasteiger partial charge < -0.3 is 16.0 Å². The third-order valence-electron chi connectivity index (χ3n) is 3.56. The number of benzene rings is 2. The van der Waals surface area contributed by atoms with Crippen molar-refractivity contribution in [2.24, 2.45) is 4.99 Å². The van der Waals surface area contributed by atoms with Gasteiger partial charge in [0.1, 0.15) is 6.54 Å². The molecule has 0 spiro atoms. The van der Waals surface area contributed by atoms with Gasteiger partial charge in [0.25, 0.3) is 0 Å². The first-order chi connectivity index (χ1) is 12.3. The van der Waals surface area contributed by atoms with Crippen molar-refractivity contribution < 1.29 is 4.79 Å². The Morgan fingerprint density at radius 2 is 1.62 bits per heavy atom. The number of hydrogen-bond donors (Lipinski definition) is 3. The molecule has 0 aliphatic heterocycles. The first kappa shape index (κ1) is 22.0. The minimum Gasteiger partial charge on any atom is -0.357 e. The number of anilines is 1. The Morgan fingerprint density at radius 1 is 0.962 bits per heavy atom. The number of halogens is 1. The Hall–Kier alpha value is -2.09. The van der Waals surface area contributed by atoms with Crippen LogP contribution < -0.4 is 16.0 Å². The van der Waals surface area contributed by atoms with E-state index in [1.54, 1.807) is 0 Å². The van der Waals surface area contributed by atoms with Crippen molar-refractivity contribution in [2.75, 3.05) is 25.0 Å². The quantitative estimate of drug-likeness (QED) is 0.242. The second-order valence-electron chi connectivity index (χ2n) is 5.63. The lowest BCUT2D eigenvalue weighted by molar-refractivity contribution is -0.114. The van der Waals surface area contributed by atoms with E-state index in [0.717, 1.165) is 31.6 Å². The summed E-state index contributed by atoms with van der Waals surface area (Å²) < 4.78 is 0. The van der Waals surface area contributed by atoms with Crippen molar-refractivity contribution in [2.45, 2.75) is 19.8 Å². The van der Waals surface area contributed by atoms with Crippen LogP contribution in [-0.2, 0) is 11.2 Å². The first-order valence-electron chi connectivity index (χ1n) is 8.69. The highest BCUT2D eigenvalue weighted by molar-refractivity contribution is 14.0. The Balaban J connectivity index is 0.00000338. The van der Waals surface area contributed by atoms with Gasteiger partial charge in [-0.2, -0.15) is 0 Å². The molecule has 6 heteroatoms. The van der Waals surface area contributed by atoms with E-state index in [2.05, 4.69) is 45.2 Å². The number of nitrogens with zero attached hydrogens (tertiary/aromatic N) is 1. The fourth-order valence-electron chi connectivity index (χ4n) is 2.36. The topological polar surface area (TPSA) is 65.5 Å². The number of guanidine groups is 1. The molecule has 0 atom stereocenters. The van der Waals surface area contributed by atoms with Crippen LogP contribution in [0.4, 0.5) is 5.69 Å². The van der Waals surface area contributed by atoms with Crippen molar-refractivity contribution in [1.29, 1.82) is 0 Å². The predicted octanol–water partition coefficient (Wildman–Crippen LogP) is 3.43. The van der Waals surface area contributed by atoms with E-state index in [1.807, 2.05) is 43.3 Å². The molecule has 2 rings (SSSR count). The summed E-state index contributed by atoms with van der Waals surface area (Å²) in [5.74, 6) is 0.534. The van der Waals surface area contributed by atoms with Crippen LogP contribution in [0.3, 0.4) is 0 Å². The van der Waals surface area contributed by atoms with Crippen molar-refractivity contribution in [3.05, 3.63) is 66.2 Å². The van der Waals surface area contributed by atoms with Crippen LogP contribution in [0.2, 0.25) is 0 Å². The molecular formula is C20H27IN4O. The molecule has 0 aliphatic rings. The molecule has 26 heavy (non-hydrogen) atoms. The maximum absolute atomic E-state index is 12.0. The van der Waals surface area contributed by atoms with Crippen molar-refractivity contribution in [1.82, 2.24) is 10.6 Å². The number of para-hydroxylation sites is 1. The number of amides is 1. The molecule has 0 fully saturated rings. The van der Waals surface area contributed by atoms with Gasteiger partial charge in [0, 0.05) is 18.8 Å². The van der Waals surface area contributed by atoms with E-state index in [9.17, 15) is 4.79 Å². The van der Waals surface area contributed by atoms with Crippen LogP contribution in [0, 0.1) is 0 Å². The van der Waals surface area contributed by atoms with E-state index in [4.69, 9.17) is 0 Å². The molecule has 140 valence electrons. The Labute approximate surface area is 172 Å². The summed E-state index contributed by atoms with van der Waals surface area (Å²) in [6.07, 6.45) is 2.02. The smallest absolute Gasteiger partial charge is 0.246 e. The number of carbonyl (C=O) groups is 1. The monoisotopic (exact) mass is 466 g/mol. The Bertz CT molecular complexity index is 662. The Kier molecular flexibility index (Phi) is 11.1. The molecule has 1 amide bonds. The van der Waals surface area contributed by atoms with Gasteiger partial charge in [0.15, 0.2) is 5.96 Å². The fraction of sp³-hybridized carbons (Fsp3) is 0.300. The van der Waals surface area contributed by atoms with Crippen LogP contribution in [-0.4, -0.2) is 31.5 Å². The summed E-state index contributed by atoms with van der Waals surface area (Å²) in [5, 5.41) is 9.26. The lowest BCUT2D eigenvalue weighted by Crippen LogP contribution is -2.38. The number of hydrogen-bond acceptors (Lipinski definition) is 2. The standard InChI is InChI=1S/C20H26N4O.HI/c1-2-21-20(22-15-9-12-17-10-5-3-6-11-17)23-16-19(25)24-18-13-7-4-8-14-18;/h3-8,10-11,13-14H,2,9,12,15-16H2,1H3,(H,24,25)(H2,21,22,23);1H. The van der Waals surface area contributed by atoms with E-state index in [0.29, 0.717) is 5.96 Å². The second kappa shape index (κ2) is 13.2. The molecule has 0 saturated heterocycles. The van der Waals surface area contributed by atoms with Gasteiger partial charge in [-0.25, -0.2) is 4.99 Å². The highest BCUT2D eigenvalue weighted by Gasteiger charge is 2.03. The van der Waals surface area contributed by atoms with Crippen LogP contribution in [0.25, 0.3) is 0 Å². The zero-order valence-corrected chi connectivity index (χ0v) is 17.4. The number of nitrogens with one attached hydrogen (secondary N) is 3. The maximum atomic E-state index is 12.0. The van der Waals surface area contributed by atoms with Crippen LogP contribution in [0.15, 0.2) is 65.7 Å². The van der Waals surface area contributed by atoms with Crippen LogP contribution in [0.5, 0.6) is 0 Å². The lowest BCUT2D eigenvalue weighted by Gasteiger charge is -2.11. The van der Waals surface area contributed by atoms with E-state index in [1.165, 1.54) is 5.56 Å². The van der Waals surface area contributed by atoms with Gasteiger partial charge in [-0.05, 0) is 37.5 Å². The summed E-state index contributed by atoms with van der Waals surface area (Å²) >= 11 is 0. The summed E-state index contributed by atoms with van der Waals surface area (Å²) in [4.78, 5) is 16.3.